The zero-order valence-electron chi connectivity index (χ0n) is 8.48. The minimum Gasteiger partial charge on any atom is -0.246 e. The Hall–Kier alpha value is -1.49. The molecule has 0 amide bonds. The van der Waals surface area contributed by atoms with Crippen molar-refractivity contribution in [3.8, 4) is 11.4 Å². The van der Waals surface area contributed by atoms with Crippen molar-refractivity contribution in [1.29, 1.82) is 0 Å². The molecule has 0 aliphatic rings. The van der Waals surface area contributed by atoms with Crippen molar-refractivity contribution in [2.24, 2.45) is 7.05 Å². The molecule has 0 bridgehead atoms. The van der Waals surface area contributed by atoms with Gasteiger partial charge in [-0.3, -0.25) is 0 Å². The van der Waals surface area contributed by atoms with Crippen LogP contribution in [0.25, 0.3) is 11.4 Å². The molecule has 0 aliphatic heterocycles. The second-order valence-electron chi connectivity index (χ2n) is 3.09. The second kappa shape index (κ2) is 3.94. The number of rotatable bonds is 2. The number of aryl methyl sites for hydroxylation is 1. The van der Waals surface area contributed by atoms with E-state index in [1.54, 1.807) is 10.9 Å². The Morgan fingerprint density at radius 1 is 1.40 bits per heavy atom. The first-order valence-corrected chi connectivity index (χ1v) is 4.96. The van der Waals surface area contributed by atoms with E-state index in [0.29, 0.717) is 5.15 Å². The van der Waals surface area contributed by atoms with Crippen LogP contribution in [0.1, 0.15) is 12.5 Å². The van der Waals surface area contributed by atoms with Gasteiger partial charge in [0.15, 0.2) is 0 Å². The summed E-state index contributed by atoms with van der Waals surface area (Å²) in [6, 6.07) is 0. The topological polar surface area (TPSA) is 56.5 Å². The van der Waals surface area contributed by atoms with Gasteiger partial charge < -0.3 is 0 Å². The Bertz CT molecular complexity index is 479. The summed E-state index contributed by atoms with van der Waals surface area (Å²) < 4.78 is 1.66. The van der Waals surface area contributed by atoms with E-state index < -0.39 is 0 Å². The first-order valence-electron chi connectivity index (χ1n) is 4.58. The van der Waals surface area contributed by atoms with Crippen molar-refractivity contribution < 1.29 is 0 Å². The van der Waals surface area contributed by atoms with Crippen LogP contribution in [-0.4, -0.2) is 25.0 Å². The van der Waals surface area contributed by atoms with Crippen LogP contribution in [0.2, 0.25) is 5.15 Å². The molecule has 0 unspecified atom stereocenters. The van der Waals surface area contributed by atoms with E-state index >= 15 is 0 Å². The SMILES string of the molecule is CCc1c(Cl)ncnc1-c1cnnn1C. The molecular weight excluding hydrogens is 214 g/mol. The van der Waals surface area contributed by atoms with Crippen LogP contribution in [0.15, 0.2) is 12.5 Å². The van der Waals surface area contributed by atoms with E-state index in [-0.39, 0.29) is 0 Å². The Labute approximate surface area is 92.1 Å². The highest BCUT2D eigenvalue weighted by Gasteiger charge is 2.13. The Balaban J connectivity index is 2.63. The standard InChI is InChI=1S/C9H10ClN5/c1-3-6-8(11-5-12-9(6)10)7-4-13-14-15(7)2/h4-5H,3H2,1-2H3. The van der Waals surface area contributed by atoms with Crippen molar-refractivity contribution in [3.63, 3.8) is 0 Å². The molecule has 5 nitrogen and oxygen atoms in total. The summed E-state index contributed by atoms with van der Waals surface area (Å²) in [7, 11) is 1.82. The zero-order chi connectivity index (χ0) is 10.8. The van der Waals surface area contributed by atoms with Crippen molar-refractivity contribution in [2.75, 3.05) is 0 Å². The molecule has 0 N–H and O–H groups in total. The summed E-state index contributed by atoms with van der Waals surface area (Å²) in [5, 5.41) is 8.16. The van der Waals surface area contributed by atoms with Crippen LogP contribution in [0.4, 0.5) is 0 Å². The summed E-state index contributed by atoms with van der Waals surface area (Å²) in [5.74, 6) is 0. The van der Waals surface area contributed by atoms with Gasteiger partial charge in [0.05, 0.1) is 11.9 Å². The fourth-order valence-corrected chi connectivity index (χ4v) is 1.70. The molecule has 0 aromatic carbocycles. The summed E-state index contributed by atoms with van der Waals surface area (Å²) in [6.45, 7) is 2.01. The lowest BCUT2D eigenvalue weighted by atomic mass is 10.1. The average molecular weight is 224 g/mol. The molecule has 0 spiro atoms. The normalized spacial score (nSPS) is 10.6. The fourth-order valence-electron chi connectivity index (χ4n) is 1.43. The van der Waals surface area contributed by atoms with Crippen molar-refractivity contribution in [1.82, 2.24) is 25.0 Å². The van der Waals surface area contributed by atoms with E-state index in [1.807, 2.05) is 14.0 Å². The summed E-state index contributed by atoms with van der Waals surface area (Å²) in [4.78, 5) is 8.17. The number of aromatic nitrogens is 5. The lowest BCUT2D eigenvalue weighted by Gasteiger charge is -2.06. The Morgan fingerprint density at radius 3 is 2.80 bits per heavy atom. The highest BCUT2D eigenvalue weighted by molar-refractivity contribution is 6.30. The third-order valence-electron chi connectivity index (χ3n) is 2.20. The monoisotopic (exact) mass is 223 g/mol. The maximum Gasteiger partial charge on any atom is 0.136 e. The number of nitrogens with zero attached hydrogens (tertiary/aromatic N) is 5. The predicted octanol–water partition coefficient (Wildman–Crippen LogP) is 1.49. The fraction of sp³-hybridized carbons (Fsp3) is 0.333. The Kier molecular flexibility index (Phi) is 2.64. The van der Waals surface area contributed by atoms with E-state index in [9.17, 15) is 0 Å². The molecule has 0 saturated carbocycles. The van der Waals surface area contributed by atoms with Crippen molar-refractivity contribution >= 4 is 11.6 Å². The molecule has 0 saturated heterocycles. The van der Waals surface area contributed by atoms with Crippen LogP contribution in [-0.2, 0) is 13.5 Å². The minimum absolute atomic E-state index is 0.490. The molecular formula is C9H10ClN5. The lowest BCUT2D eigenvalue weighted by Crippen LogP contribution is -2.00. The van der Waals surface area contributed by atoms with Gasteiger partial charge in [0.1, 0.15) is 17.2 Å². The van der Waals surface area contributed by atoms with Crippen molar-refractivity contribution in [3.05, 3.63) is 23.2 Å². The van der Waals surface area contributed by atoms with Gasteiger partial charge in [0, 0.05) is 12.6 Å². The quantitative estimate of drug-likeness (QED) is 0.724. The van der Waals surface area contributed by atoms with Crippen LogP contribution in [0, 0.1) is 0 Å². The molecule has 2 rings (SSSR count). The highest BCUT2D eigenvalue weighted by atomic mass is 35.5. The van der Waals surface area contributed by atoms with Crippen LogP contribution in [0.3, 0.4) is 0 Å². The van der Waals surface area contributed by atoms with Crippen LogP contribution < -0.4 is 0 Å². The summed E-state index contributed by atoms with van der Waals surface area (Å²) in [5.41, 5.74) is 2.56. The average Bonchev–Trinajstić information content (AvgIpc) is 2.64. The number of halogens is 1. The summed E-state index contributed by atoms with van der Waals surface area (Å²) in [6.07, 6.45) is 3.89. The molecule has 78 valence electrons. The lowest BCUT2D eigenvalue weighted by molar-refractivity contribution is 0.718. The van der Waals surface area contributed by atoms with Crippen LogP contribution in [0.5, 0.6) is 0 Å². The molecule has 6 heteroatoms. The Morgan fingerprint density at radius 2 is 2.20 bits per heavy atom. The van der Waals surface area contributed by atoms with Gasteiger partial charge in [-0.1, -0.05) is 23.7 Å². The first-order chi connectivity index (χ1) is 7.24. The van der Waals surface area contributed by atoms with Gasteiger partial charge in [-0.15, -0.1) is 5.10 Å². The largest absolute Gasteiger partial charge is 0.246 e. The smallest absolute Gasteiger partial charge is 0.136 e. The van der Waals surface area contributed by atoms with Crippen LogP contribution >= 0.6 is 11.6 Å². The predicted molar refractivity (Wildman–Crippen MR) is 56.4 cm³/mol. The molecule has 2 aromatic heterocycles. The number of hydrogen-bond donors (Lipinski definition) is 0. The minimum atomic E-state index is 0.490. The highest BCUT2D eigenvalue weighted by Crippen LogP contribution is 2.24. The molecule has 0 aliphatic carbocycles. The molecule has 0 fully saturated rings. The second-order valence-corrected chi connectivity index (χ2v) is 3.45. The maximum absolute atomic E-state index is 6.00. The maximum atomic E-state index is 6.00. The third kappa shape index (κ3) is 1.70. The molecule has 2 heterocycles. The van der Waals surface area contributed by atoms with E-state index in [0.717, 1.165) is 23.4 Å². The van der Waals surface area contributed by atoms with Gasteiger partial charge in [-0.05, 0) is 6.42 Å². The molecule has 15 heavy (non-hydrogen) atoms. The third-order valence-corrected chi connectivity index (χ3v) is 2.53. The first kappa shape index (κ1) is 10.0. The molecule has 2 aromatic rings. The van der Waals surface area contributed by atoms with Gasteiger partial charge in [-0.25, -0.2) is 14.6 Å². The van der Waals surface area contributed by atoms with Gasteiger partial charge in [0.25, 0.3) is 0 Å². The van der Waals surface area contributed by atoms with Gasteiger partial charge in [-0.2, -0.15) is 0 Å². The summed E-state index contributed by atoms with van der Waals surface area (Å²) >= 11 is 6.00. The van der Waals surface area contributed by atoms with Crippen molar-refractivity contribution in [2.45, 2.75) is 13.3 Å². The van der Waals surface area contributed by atoms with E-state index in [1.165, 1.54) is 6.33 Å². The zero-order valence-corrected chi connectivity index (χ0v) is 9.23. The van der Waals surface area contributed by atoms with Gasteiger partial charge in [0.2, 0.25) is 0 Å². The van der Waals surface area contributed by atoms with E-state index in [4.69, 9.17) is 11.6 Å². The molecule has 0 atom stereocenters. The van der Waals surface area contributed by atoms with Gasteiger partial charge >= 0.3 is 0 Å². The number of hydrogen-bond acceptors (Lipinski definition) is 4. The molecule has 0 radical (unpaired) electrons. The van der Waals surface area contributed by atoms with E-state index in [2.05, 4.69) is 20.3 Å².